The molecule has 0 unspecified atom stereocenters. The molecule has 1 N–H and O–H groups in total. The molecule has 62 valence electrons. The normalized spacial score (nSPS) is 10.8. The predicted molar refractivity (Wildman–Crippen MR) is 36.1 cm³/mol. The summed E-state index contributed by atoms with van der Waals surface area (Å²) in [7, 11) is 2.92. The van der Waals surface area contributed by atoms with Crippen LogP contribution < -0.4 is 5.56 Å². The number of H-pyrrole nitrogens is 1. The van der Waals surface area contributed by atoms with Crippen LogP contribution >= 0.6 is 0 Å². The van der Waals surface area contributed by atoms with Crippen molar-refractivity contribution in [3.63, 3.8) is 0 Å². The average molecular weight is 159 g/mol. The standard InChI is InChI=1S/C6H9NO4/c1-9-6(10-2)4-3-5(8)7-11-4/h3,6H,1-2H3,(H,7,8). The highest BCUT2D eigenvalue weighted by atomic mass is 16.7. The van der Waals surface area contributed by atoms with Crippen molar-refractivity contribution in [3.8, 4) is 0 Å². The molecule has 1 rings (SSSR count). The molecular formula is C6H9NO4. The summed E-state index contributed by atoms with van der Waals surface area (Å²) in [6.45, 7) is 0. The summed E-state index contributed by atoms with van der Waals surface area (Å²) in [4.78, 5) is 10.6. The third kappa shape index (κ3) is 1.69. The van der Waals surface area contributed by atoms with Gasteiger partial charge in [-0.1, -0.05) is 0 Å². The fourth-order valence-electron chi connectivity index (χ4n) is 0.742. The second-order valence-electron chi connectivity index (χ2n) is 1.92. The topological polar surface area (TPSA) is 64.5 Å². The summed E-state index contributed by atoms with van der Waals surface area (Å²) in [5, 5.41) is 2.13. The van der Waals surface area contributed by atoms with Crippen molar-refractivity contribution in [2.75, 3.05) is 14.2 Å². The first-order chi connectivity index (χ1) is 5.27. The van der Waals surface area contributed by atoms with Gasteiger partial charge in [-0.25, -0.2) is 0 Å². The molecule has 0 atom stereocenters. The molecule has 0 aliphatic rings. The number of aromatic nitrogens is 1. The van der Waals surface area contributed by atoms with E-state index in [2.05, 4.69) is 5.16 Å². The van der Waals surface area contributed by atoms with E-state index >= 15 is 0 Å². The van der Waals surface area contributed by atoms with Crippen molar-refractivity contribution < 1.29 is 14.0 Å². The molecule has 0 saturated heterocycles. The van der Waals surface area contributed by atoms with Crippen molar-refractivity contribution in [1.29, 1.82) is 0 Å². The molecule has 0 saturated carbocycles. The van der Waals surface area contributed by atoms with Crippen molar-refractivity contribution in [1.82, 2.24) is 5.16 Å². The number of methoxy groups -OCH3 is 2. The van der Waals surface area contributed by atoms with E-state index < -0.39 is 6.29 Å². The van der Waals surface area contributed by atoms with Crippen LogP contribution in [-0.4, -0.2) is 19.4 Å². The fraction of sp³-hybridized carbons (Fsp3) is 0.500. The van der Waals surface area contributed by atoms with Crippen LogP contribution in [0.25, 0.3) is 0 Å². The van der Waals surface area contributed by atoms with Gasteiger partial charge in [-0.05, 0) is 0 Å². The molecule has 5 nitrogen and oxygen atoms in total. The van der Waals surface area contributed by atoms with Crippen LogP contribution in [0.4, 0.5) is 0 Å². The number of hydrogen-bond acceptors (Lipinski definition) is 4. The van der Waals surface area contributed by atoms with E-state index in [1.807, 2.05) is 0 Å². The first kappa shape index (κ1) is 8.03. The number of hydrogen-bond donors (Lipinski definition) is 1. The van der Waals surface area contributed by atoms with Crippen LogP contribution in [0.5, 0.6) is 0 Å². The summed E-state index contributed by atoms with van der Waals surface area (Å²) in [5.41, 5.74) is -0.306. The molecule has 1 aromatic heterocycles. The highest BCUT2D eigenvalue weighted by Crippen LogP contribution is 2.13. The number of rotatable bonds is 3. The number of ether oxygens (including phenoxy) is 2. The molecule has 0 bridgehead atoms. The minimum Gasteiger partial charge on any atom is -0.378 e. The van der Waals surface area contributed by atoms with Crippen molar-refractivity contribution in [2.45, 2.75) is 6.29 Å². The lowest BCUT2D eigenvalue weighted by atomic mass is 10.4. The highest BCUT2D eigenvalue weighted by Gasteiger charge is 2.13. The number of aromatic amines is 1. The Balaban J connectivity index is 2.81. The zero-order chi connectivity index (χ0) is 8.27. The van der Waals surface area contributed by atoms with E-state index in [0.29, 0.717) is 5.76 Å². The summed E-state index contributed by atoms with van der Waals surface area (Å²) < 4.78 is 14.4. The zero-order valence-corrected chi connectivity index (χ0v) is 6.29. The zero-order valence-electron chi connectivity index (χ0n) is 6.29. The van der Waals surface area contributed by atoms with Gasteiger partial charge in [0, 0.05) is 14.2 Å². The van der Waals surface area contributed by atoms with Gasteiger partial charge in [-0.15, -0.1) is 0 Å². The van der Waals surface area contributed by atoms with Crippen LogP contribution in [0.2, 0.25) is 0 Å². The largest absolute Gasteiger partial charge is 0.378 e. The molecule has 0 spiro atoms. The minimum atomic E-state index is -0.617. The third-order valence-corrected chi connectivity index (χ3v) is 1.20. The summed E-state index contributed by atoms with van der Waals surface area (Å²) in [6, 6.07) is 1.28. The molecule has 0 radical (unpaired) electrons. The molecule has 0 aromatic carbocycles. The first-order valence-corrected chi connectivity index (χ1v) is 3.02. The molecule has 0 aliphatic carbocycles. The Morgan fingerprint density at radius 2 is 2.18 bits per heavy atom. The van der Waals surface area contributed by atoms with Gasteiger partial charge in [-0.3, -0.25) is 4.79 Å². The maximum absolute atomic E-state index is 10.6. The quantitative estimate of drug-likeness (QED) is 0.642. The maximum atomic E-state index is 10.6. The lowest BCUT2D eigenvalue weighted by Gasteiger charge is -2.07. The van der Waals surface area contributed by atoms with E-state index in [9.17, 15) is 4.79 Å². The van der Waals surface area contributed by atoms with Crippen molar-refractivity contribution in [3.05, 3.63) is 22.2 Å². The van der Waals surface area contributed by atoms with Crippen molar-refractivity contribution in [2.24, 2.45) is 0 Å². The van der Waals surface area contributed by atoms with E-state index in [4.69, 9.17) is 14.0 Å². The molecule has 0 amide bonds. The monoisotopic (exact) mass is 159 g/mol. The smallest absolute Gasteiger partial charge is 0.280 e. The summed E-state index contributed by atoms with van der Waals surface area (Å²) in [6.07, 6.45) is -0.617. The summed E-state index contributed by atoms with van der Waals surface area (Å²) in [5.74, 6) is 0.333. The molecule has 5 heteroatoms. The Morgan fingerprint density at radius 1 is 1.55 bits per heavy atom. The van der Waals surface area contributed by atoms with Crippen LogP contribution in [0, 0.1) is 0 Å². The molecule has 0 fully saturated rings. The van der Waals surface area contributed by atoms with Gasteiger partial charge in [0.05, 0.1) is 6.07 Å². The first-order valence-electron chi connectivity index (χ1n) is 3.02. The van der Waals surface area contributed by atoms with E-state index in [-0.39, 0.29) is 5.56 Å². The summed E-state index contributed by atoms with van der Waals surface area (Å²) >= 11 is 0. The lowest BCUT2D eigenvalue weighted by Crippen LogP contribution is -2.02. The van der Waals surface area contributed by atoms with Crippen LogP contribution in [-0.2, 0) is 9.47 Å². The van der Waals surface area contributed by atoms with E-state index in [1.165, 1.54) is 20.3 Å². The van der Waals surface area contributed by atoms with Gasteiger partial charge in [0.15, 0.2) is 5.76 Å². The molecular weight excluding hydrogens is 150 g/mol. The highest BCUT2D eigenvalue weighted by molar-refractivity contribution is 4.94. The Morgan fingerprint density at radius 3 is 2.55 bits per heavy atom. The molecule has 0 aliphatic heterocycles. The fourth-order valence-corrected chi connectivity index (χ4v) is 0.742. The van der Waals surface area contributed by atoms with Gasteiger partial charge in [0.2, 0.25) is 6.29 Å². The van der Waals surface area contributed by atoms with E-state index in [0.717, 1.165) is 0 Å². The Bertz CT molecular complexity index is 260. The van der Waals surface area contributed by atoms with Gasteiger partial charge < -0.3 is 14.0 Å². The Hall–Kier alpha value is -1.07. The van der Waals surface area contributed by atoms with Crippen LogP contribution in [0.1, 0.15) is 12.1 Å². The Kier molecular flexibility index (Phi) is 2.45. The van der Waals surface area contributed by atoms with Crippen LogP contribution in [0.3, 0.4) is 0 Å². The second kappa shape index (κ2) is 3.36. The SMILES string of the molecule is COC(OC)c1cc(=O)[nH]o1. The lowest BCUT2D eigenvalue weighted by molar-refractivity contribution is -0.120. The second-order valence-corrected chi connectivity index (χ2v) is 1.92. The maximum Gasteiger partial charge on any atom is 0.280 e. The van der Waals surface area contributed by atoms with Gasteiger partial charge in [-0.2, -0.15) is 5.16 Å². The van der Waals surface area contributed by atoms with Crippen LogP contribution in [0.15, 0.2) is 15.4 Å². The van der Waals surface area contributed by atoms with Gasteiger partial charge >= 0.3 is 0 Å². The third-order valence-electron chi connectivity index (χ3n) is 1.20. The predicted octanol–water partition coefficient (Wildman–Crippen LogP) is 0.259. The van der Waals surface area contributed by atoms with Crippen molar-refractivity contribution >= 4 is 0 Å². The average Bonchev–Trinajstić information content (AvgIpc) is 2.39. The Labute approximate surface area is 62.9 Å². The molecule has 1 aromatic rings. The minimum absolute atomic E-state index is 0.306. The van der Waals surface area contributed by atoms with Gasteiger partial charge in [0.25, 0.3) is 5.56 Å². The molecule has 11 heavy (non-hydrogen) atoms. The van der Waals surface area contributed by atoms with Gasteiger partial charge in [0.1, 0.15) is 0 Å². The number of nitrogens with one attached hydrogen (secondary N) is 1. The van der Waals surface area contributed by atoms with E-state index in [1.54, 1.807) is 0 Å². The molecule has 1 heterocycles.